The van der Waals surface area contributed by atoms with E-state index >= 15 is 0 Å². The van der Waals surface area contributed by atoms with Gasteiger partial charge in [-0.25, -0.2) is 4.98 Å². The molecule has 4 nitrogen and oxygen atoms in total. The number of imidazole rings is 1. The van der Waals surface area contributed by atoms with Crippen LogP contribution in [0.4, 0.5) is 0 Å². The van der Waals surface area contributed by atoms with E-state index in [1.807, 2.05) is 29.7 Å². The lowest BCUT2D eigenvalue weighted by atomic mass is 10.3. The number of hydrogen-bond donors (Lipinski definition) is 1. The number of nitrogens with zero attached hydrogens (tertiary/aromatic N) is 2. The van der Waals surface area contributed by atoms with E-state index < -0.39 is 0 Å². The van der Waals surface area contributed by atoms with E-state index in [0.29, 0.717) is 0 Å². The molecule has 0 radical (unpaired) electrons. The van der Waals surface area contributed by atoms with Crippen LogP contribution in [0.5, 0.6) is 5.75 Å². The first-order valence-electron chi connectivity index (χ1n) is 4.48. The maximum absolute atomic E-state index is 5.80. The molecule has 2 rings (SSSR count). The number of ether oxygens (including phenoxy) is 1. The quantitative estimate of drug-likeness (QED) is 0.783. The Kier molecular flexibility index (Phi) is 2.13. The van der Waals surface area contributed by atoms with E-state index in [2.05, 4.69) is 4.98 Å². The molecule has 1 aromatic heterocycles. The number of aromatic nitrogens is 2. The molecule has 0 aliphatic rings. The normalized spacial score (nSPS) is 13.1. The molecule has 0 bridgehead atoms. The lowest BCUT2D eigenvalue weighted by Gasteiger charge is -2.08. The van der Waals surface area contributed by atoms with Gasteiger partial charge in [-0.1, -0.05) is 0 Å². The summed E-state index contributed by atoms with van der Waals surface area (Å²) in [6.07, 6.45) is 1.67. The molecular weight excluding hydrogens is 178 g/mol. The van der Waals surface area contributed by atoms with E-state index in [1.165, 1.54) is 0 Å². The smallest absolute Gasteiger partial charge is 0.121 e. The molecule has 1 atom stereocenters. The Balaban J connectivity index is 2.63. The summed E-state index contributed by atoms with van der Waals surface area (Å²) >= 11 is 0. The maximum atomic E-state index is 5.80. The van der Waals surface area contributed by atoms with Crippen LogP contribution in [0.25, 0.3) is 11.0 Å². The van der Waals surface area contributed by atoms with Crippen molar-refractivity contribution in [3.63, 3.8) is 0 Å². The molecule has 0 saturated heterocycles. The number of benzene rings is 1. The fraction of sp³-hybridized carbons (Fsp3) is 0.300. The number of hydrogen-bond acceptors (Lipinski definition) is 3. The number of nitrogens with two attached hydrogens (primary N) is 1. The van der Waals surface area contributed by atoms with Crippen LogP contribution in [0, 0.1) is 0 Å². The van der Waals surface area contributed by atoms with Gasteiger partial charge in [-0.2, -0.15) is 0 Å². The highest BCUT2D eigenvalue weighted by atomic mass is 16.5. The molecule has 14 heavy (non-hydrogen) atoms. The lowest BCUT2D eigenvalue weighted by Crippen LogP contribution is -2.13. The van der Waals surface area contributed by atoms with Gasteiger partial charge in [0.15, 0.2) is 0 Å². The van der Waals surface area contributed by atoms with Crippen molar-refractivity contribution in [3.8, 4) is 5.75 Å². The van der Waals surface area contributed by atoms with Gasteiger partial charge in [0, 0.05) is 6.07 Å². The zero-order valence-electron chi connectivity index (χ0n) is 8.27. The van der Waals surface area contributed by atoms with E-state index in [-0.39, 0.29) is 6.17 Å². The third-order valence-corrected chi connectivity index (χ3v) is 2.22. The number of rotatable bonds is 2. The van der Waals surface area contributed by atoms with Crippen molar-refractivity contribution in [2.45, 2.75) is 13.1 Å². The van der Waals surface area contributed by atoms with Gasteiger partial charge in [-0.3, -0.25) is 0 Å². The average molecular weight is 191 g/mol. The third-order valence-electron chi connectivity index (χ3n) is 2.22. The van der Waals surface area contributed by atoms with Crippen molar-refractivity contribution < 1.29 is 4.74 Å². The molecule has 4 heteroatoms. The highest BCUT2D eigenvalue weighted by Crippen LogP contribution is 2.21. The van der Waals surface area contributed by atoms with Crippen LogP contribution in [0.1, 0.15) is 13.1 Å². The molecule has 0 aliphatic carbocycles. The minimum atomic E-state index is -0.0768. The minimum Gasteiger partial charge on any atom is -0.497 e. The first-order valence-corrected chi connectivity index (χ1v) is 4.48. The fourth-order valence-corrected chi connectivity index (χ4v) is 1.46. The van der Waals surface area contributed by atoms with Gasteiger partial charge in [0.05, 0.1) is 30.6 Å². The highest BCUT2D eigenvalue weighted by molar-refractivity contribution is 5.77. The molecule has 1 aromatic carbocycles. The molecule has 0 aliphatic heterocycles. The van der Waals surface area contributed by atoms with Gasteiger partial charge < -0.3 is 15.0 Å². The number of methoxy groups -OCH3 is 1. The summed E-state index contributed by atoms with van der Waals surface area (Å²) in [4.78, 5) is 4.24. The first-order chi connectivity index (χ1) is 6.72. The first kappa shape index (κ1) is 9.02. The molecule has 1 heterocycles. The van der Waals surface area contributed by atoms with Crippen molar-refractivity contribution in [3.05, 3.63) is 24.5 Å². The van der Waals surface area contributed by atoms with Crippen molar-refractivity contribution >= 4 is 11.0 Å². The second kappa shape index (κ2) is 3.31. The van der Waals surface area contributed by atoms with Gasteiger partial charge in [0.1, 0.15) is 5.75 Å². The van der Waals surface area contributed by atoms with Gasteiger partial charge in [-0.15, -0.1) is 0 Å². The van der Waals surface area contributed by atoms with Crippen LogP contribution in [-0.2, 0) is 0 Å². The zero-order chi connectivity index (χ0) is 10.1. The van der Waals surface area contributed by atoms with E-state index in [9.17, 15) is 0 Å². The monoisotopic (exact) mass is 191 g/mol. The summed E-state index contributed by atoms with van der Waals surface area (Å²) in [7, 11) is 1.65. The van der Waals surface area contributed by atoms with Gasteiger partial charge in [0.2, 0.25) is 0 Å². The molecular formula is C10H13N3O. The summed E-state index contributed by atoms with van der Waals surface area (Å²) in [5.74, 6) is 0.819. The molecule has 0 amide bonds. The molecule has 2 aromatic rings. The Morgan fingerprint density at radius 3 is 2.93 bits per heavy atom. The van der Waals surface area contributed by atoms with Crippen LogP contribution in [0.2, 0.25) is 0 Å². The van der Waals surface area contributed by atoms with Gasteiger partial charge in [-0.05, 0) is 19.1 Å². The zero-order valence-corrected chi connectivity index (χ0v) is 8.27. The summed E-state index contributed by atoms with van der Waals surface area (Å²) in [6, 6.07) is 5.75. The average Bonchev–Trinajstić information content (AvgIpc) is 2.59. The second-order valence-corrected chi connectivity index (χ2v) is 3.25. The van der Waals surface area contributed by atoms with Crippen LogP contribution in [0.3, 0.4) is 0 Å². The molecule has 0 saturated carbocycles. The topological polar surface area (TPSA) is 53.1 Å². The summed E-state index contributed by atoms with van der Waals surface area (Å²) in [5, 5.41) is 0. The number of fused-ring (bicyclic) bond motifs is 1. The minimum absolute atomic E-state index is 0.0768. The van der Waals surface area contributed by atoms with Crippen molar-refractivity contribution in [2.24, 2.45) is 5.73 Å². The van der Waals surface area contributed by atoms with E-state index in [4.69, 9.17) is 10.5 Å². The third kappa shape index (κ3) is 1.33. The summed E-state index contributed by atoms with van der Waals surface area (Å²) in [6.45, 7) is 1.92. The second-order valence-electron chi connectivity index (χ2n) is 3.25. The van der Waals surface area contributed by atoms with Crippen molar-refractivity contribution in [2.75, 3.05) is 7.11 Å². The van der Waals surface area contributed by atoms with E-state index in [0.717, 1.165) is 16.8 Å². The SMILES string of the molecule is COc1ccc2ncn(C(C)N)c2c1. The highest BCUT2D eigenvalue weighted by Gasteiger charge is 2.06. The summed E-state index contributed by atoms with van der Waals surface area (Å²) in [5.41, 5.74) is 7.73. The van der Waals surface area contributed by atoms with Gasteiger partial charge >= 0.3 is 0 Å². The largest absolute Gasteiger partial charge is 0.497 e. The maximum Gasteiger partial charge on any atom is 0.121 e. The lowest BCUT2D eigenvalue weighted by molar-refractivity contribution is 0.415. The van der Waals surface area contributed by atoms with Crippen LogP contribution >= 0.6 is 0 Å². The Morgan fingerprint density at radius 1 is 1.50 bits per heavy atom. The molecule has 0 spiro atoms. The Bertz CT molecular complexity index is 448. The van der Waals surface area contributed by atoms with Crippen LogP contribution in [0.15, 0.2) is 24.5 Å². The Labute approximate surface area is 82.3 Å². The standard InChI is InChI=1S/C10H13N3O/c1-7(11)13-6-12-9-4-3-8(14-2)5-10(9)13/h3-7H,11H2,1-2H3. The Morgan fingerprint density at radius 2 is 2.29 bits per heavy atom. The molecule has 1 unspecified atom stereocenters. The van der Waals surface area contributed by atoms with Crippen LogP contribution < -0.4 is 10.5 Å². The Hall–Kier alpha value is -1.55. The van der Waals surface area contributed by atoms with Crippen molar-refractivity contribution in [1.29, 1.82) is 0 Å². The van der Waals surface area contributed by atoms with E-state index in [1.54, 1.807) is 13.4 Å². The summed E-state index contributed by atoms with van der Waals surface area (Å²) < 4.78 is 7.06. The predicted octanol–water partition coefficient (Wildman–Crippen LogP) is 1.52. The van der Waals surface area contributed by atoms with Gasteiger partial charge in [0.25, 0.3) is 0 Å². The van der Waals surface area contributed by atoms with Crippen molar-refractivity contribution in [1.82, 2.24) is 9.55 Å². The predicted molar refractivity (Wildman–Crippen MR) is 55.2 cm³/mol. The van der Waals surface area contributed by atoms with Crippen LogP contribution in [-0.4, -0.2) is 16.7 Å². The molecule has 2 N–H and O–H groups in total. The molecule has 74 valence electrons. The fourth-order valence-electron chi connectivity index (χ4n) is 1.46. The molecule has 0 fully saturated rings.